The van der Waals surface area contributed by atoms with Crippen LogP contribution in [0, 0.1) is 0 Å². The van der Waals surface area contributed by atoms with E-state index in [9.17, 15) is 0 Å². The second-order valence-corrected chi connectivity index (χ2v) is 7.65. The monoisotopic (exact) mass is 361 g/mol. The average molecular weight is 361 g/mol. The van der Waals surface area contributed by atoms with Crippen molar-refractivity contribution < 1.29 is 4.42 Å². The van der Waals surface area contributed by atoms with E-state index in [1.807, 2.05) is 12.1 Å². The van der Waals surface area contributed by atoms with Crippen LogP contribution in [0.15, 0.2) is 70.4 Å². The molecule has 0 spiro atoms. The minimum atomic E-state index is 0.560. The summed E-state index contributed by atoms with van der Waals surface area (Å²) in [6, 6.07) is 19.0. The molecule has 0 radical (unpaired) electrons. The number of fused-ring (bicyclic) bond motifs is 1. The van der Waals surface area contributed by atoms with Crippen molar-refractivity contribution in [2.24, 2.45) is 0 Å². The van der Waals surface area contributed by atoms with E-state index < -0.39 is 0 Å². The molecule has 0 aliphatic heterocycles. The van der Waals surface area contributed by atoms with E-state index in [0.717, 1.165) is 22.5 Å². The molecule has 0 saturated heterocycles. The van der Waals surface area contributed by atoms with Crippen molar-refractivity contribution >= 4 is 22.5 Å². The van der Waals surface area contributed by atoms with E-state index in [1.165, 1.54) is 29.2 Å². The van der Waals surface area contributed by atoms with E-state index in [2.05, 4.69) is 57.2 Å². The fourth-order valence-electron chi connectivity index (χ4n) is 3.32. The Morgan fingerprint density at radius 1 is 1.00 bits per heavy atom. The summed E-state index contributed by atoms with van der Waals surface area (Å²) in [6.45, 7) is 0.698. The van der Waals surface area contributed by atoms with Crippen molar-refractivity contribution in [1.29, 1.82) is 0 Å². The molecule has 4 nitrogen and oxygen atoms in total. The van der Waals surface area contributed by atoms with Crippen molar-refractivity contribution in [1.82, 2.24) is 14.8 Å². The number of nitrogens with zero attached hydrogens (tertiary/aromatic N) is 3. The second kappa shape index (κ2) is 6.65. The minimum absolute atomic E-state index is 0.560. The van der Waals surface area contributed by atoms with E-state index in [-0.39, 0.29) is 0 Å². The van der Waals surface area contributed by atoms with Crippen molar-refractivity contribution in [3.8, 4) is 0 Å². The highest BCUT2D eigenvalue weighted by atomic mass is 32.2. The van der Waals surface area contributed by atoms with Crippen LogP contribution < -0.4 is 0 Å². The molecule has 5 rings (SSSR count). The van der Waals surface area contributed by atoms with Crippen molar-refractivity contribution in [2.75, 3.05) is 0 Å². The smallest absolute Gasteiger partial charge is 0.191 e. The molecule has 0 amide bonds. The van der Waals surface area contributed by atoms with Gasteiger partial charge in [-0.1, -0.05) is 54.2 Å². The molecule has 1 fully saturated rings. The van der Waals surface area contributed by atoms with Gasteiger partial charge in [-0.2, -0.15) is 0 Å². The Balaban J connectivity index is 1.43. The summed E-state index contributed by atoms with van der Waals surface area (Å²) in [5.74, 6) is 3.48. The topological polar surface area (TPSA) is 43.9 Å². The number of rotatable bonds is 6. The van der Waals surface area contributed by atoms with Gasteiger partial charge in [-0.05, 0) is 41.3 Å². The van der Waals surface area contributed by atoms with Gasteiger partial charge >= 0.3 is 0 Å². The molecule has 4 aromatic rings. The van der Waals surface area contributed by atoms with Crippen LogP contribution in [-0.2, 0) is 12.3 Å². The Morgan fingerprint density at radius 2 is 1.88 bits per heavy atom. The molecule has 1 saturated carbocycles. The quantitative estimate of drug-likeness (QED) is 0.440. The van der Waals surface area contributed by atoms with Gasteiger partial charge in [-0.25, -0.2) is 0 Å². The third kappa shape index (κ3) is 3.03. The molecule has 2 heterocycles. The molecular weight excluding hydrogens is 342 g/mol. The van der Waals surface area contributed by atoms with Gasteiger partial charge in [-0.15, -0.1) is 10.2 Å². The number of hydrogen-bond donors (Lipinski definition) is 0. The first kappa shape index (κ1) is 15.7. The van der Waals surface area contributed by atoms with Crippen molar-refractivity contribution in [3.05, 3.63) is 78.0 Å². The highest BCUT2D eigenvalue weighted by Crippen LogP contribution is 2.40. The summed E-state index contributed by atoms with van der Waals surface area (Å²) in [4.78, 5) is 0. The number of benzene rings is 2. The maximum absolute atomic E-state index is 5.55. The minimum Gasteiger partial charge on any atom is -0.467 e. The Labute approximate surface area is 156 Å². The zero-order chi connectivity index (χ0) is 17.3. The zero-order valence-corrected chi connectivity index (χ0v) is 15.2. The standard InChI is InChI=1S/C21H19N3OS/c1-2-9-19-15(5-1)6-3-7-17(19)14-26-21-23-22-20(16-10-11-16)24(21)13-18-8-4-12-25-18/h1-9,12,16H,10-11,13-14H2. The summed E-state index contributed by atoms with van der Waals surface area (Å²) in [5, 5.41) is 12.5. The number of thioether (sulfide) groups is 1. The van der Waals surface area contributed by atoms with Gasteiger partial charge in [0.2, 0.25) is 0 Å². The molecule has 130 valence electrons. The zero-order valence-electron chi connectivity index (χ0n) is 14.3. The van der Waals surface area contributed by atoms with Gasteiger partial charge < -0.3 is 4.42 Å². The Hall–Kier alpha value is -2.53. The van der Waals surface area contributed by atoms with E-state index in [1.54, 1.807) is 18.0 Å². The fraction of sp³-hybridized carbons (Fsp3) is 0.238. The number of aromatic nitrogens is 3. The molecule has 5 heteroatoms. The Morgan fingerprint density at radius 3 is 2.73 bits per heavy atom. The van der Waals surface area contributed by atoms with Gasteiger partial charge in [0, 0.05) is 11.7 Å². The first-order valence-corrected chi connectivity index (χ1v) is 9.92. The van der Waals surface area contributed by atoms with Gasteiger partial charge in [0.1, 0.15) is 11.6 Å². The fourth-order valence-corrected chi connectivity index (χ4v) is 4.27. The molecule has 26 heavy (non-hydrogen) atoms. The predicted molar refractivity (Wildman–Crippen MR) is 103 cm³/mol. The first-order chi connectivity index (χ1) is 12.9. The summed E-state index contributed by atoms with van der Waals surface area (Å²) >= 11 is 1.75. The molecule has 1 aliphatic rings. The van der Waals surface area contributed by atoms with Gasteiger partial charge in [0.15, 0.2) is 5.16 Å². The summed E-state index contributed by atoms with van der Waals surface area (Å²) in [6.07, 6.45) is 4.15. The van der Waals surface area contributed by atoms with Crippen LogP contribution in [0.2, 0.25) is 0 Å². The third-order valence-electron chi connectivity index (χ3n) is 4.82. The van der Waals surface area contributed by atoms with Crippen LogP contribution in [0.4, 0.5) is 0 Å². The lowest BCUT2D eigenvalue weighted by Gasteiger charge is -2.09. The van der Waals surface area contributed by atoms with Crippen LogP contribution in [-0.4, -0.2) is 14.8 Å². The maximum Gasteiger partial charge on any atom is 0.191 e. The normalized spacial score (nSPS) is 14.2. The number of hydrogen-bond acceptors (Lipinski definition) is 4. The lowest BCUT2D eigenvalue weighted by Crippen LogP contribution is -2.05. The Bertz CT molecular complexity index is 1030. The van der Waals surface area contributed by atoms with E-state index in [0.29, 0.717) is 12.5 Å². The first-order valence-electron chi connectivity index (χ1n) is 8.93. The SMILES string of the molecule is c1coc(Cn2c(SCc3cccc4ccccc34)nnc2C2CC2)c1. The maximum atomic E-state index is 5.55. The predicted octanol–water partition coefficient (Wildman–Crippen LogP) is 5.24. The summed E-state index contributed by atoms with van der Waals surface area (Å²) < 4.78 is 7.78. The second-order valence-electron chi connectivity index (χ2n) is 6.71. The molecule has 2 aromatic heterocycles. The molecule has 1 aliphatic carbocycles. The van der Waals surface area contributed by atoms with Gasteiger partial charge in [-0.3, -0.25) is 4.57 Å². The van der Waals surface area contributed by atoms with Crippen LogP contribution in [0.25, 0.3) is 10.8 Å². The molecule has 0 N–H and O–H groups in total. The van der Waals surface area contributed by atoms with Crippen LogP contribution >= 0.6 is 11.8 Å². The van der Waals surface area contributed by atoms with Crippen LogP contribution in [0.1, 0.15) is 35.9 Å². The largest absolute Gasteiger partial charge is 0.467 e. The Kier molecular flexibility index (Phi) is 4.02. The third-order valence-corrected chi connectivity index (χ3v) is 5.83. The lowest BCUT2D eigenvalue weighted by molar-refractivity contribution is 0.478. The van der Waals surface area contributed by atoms with Crippen LogP contribution in [0.5, 0.6) is 0 Å². The molecule has 2 aromatic carbocycles. The summed E-state index contributed by atoms with van der Waals surface area (Å²) in [7, 11) is 0. The van der Waals surface area contributed by atoms with Gasteiger partial charge in [0.05, 0.1) is 12.8 Å². The molecule has 0 atom stereocenters. The van der Waals surface area contributed by atoms with Crippen molar-refractivity contribution in [3.63, 3.8) is 0 Å². The van der Waals surface area contributed by atoms with Gasteiger partial charge in [0.25, 0.3) is 0 Å². The number of furan rings is 1. The molecule has 0 bridgehead atoms. The van der Waals surface area contributed by atoms with Crippen LogP contribution in [0.3, 0.4) is 0 Å². The molecule has 0 unspecified atom stereocenters. The average Bonchev–Trinajstić information content (AvgIpc) is 3.24. The van der Waals surface area contributed by atoms with E-state index >= 15 is 0 Å². The summed E-state index contributed by atoms with van der Waals surface area (Å²) in [5.41, 5.74) is 1.33. The highest BCUT2D eigenvalue weighted by Gasteiger charge is 2.30. The molecular formula is C21H19N3OS. The lowest BCUT2D eigenvalue weighted by atomic mass is 10.1. The van der Waals surface area contributed by atoms with E-state index in [4.69, 9.17) is 4.42 Å². The van der Waals surface area contributed by atoms with Crippen molar-refractivity contribution in [2.45, 2.75) is 36.2 Å². The highest BCUT2D eigenvalue weighted by molar-refractivity contribution is 7.98.